The Bertz CT molecular complexity index is 1430. The molecule has 4 aromatic rings. The van der Waals surface area contributed by atoms with E-state index < -0.39 is 17.5 Å². The summed E-state index contributed by atoms with van der Waals surface area (Å²) >= 11 is 0. The number of hydrogen-bond donors (Lipinski definition) is 0. The van der Waals surface area contributed by atoms with Gasteiger partial charge in [0.1, 0.15) is 5.82 Å². The molecule has 5 nitrogen and oxygen atoms in total. The zero-order valence-electron chi connectivity index (χ0n) is 22.6. The number of imidazole rings is 1. The number of piperidine rings is 1. The lowest BCUT2D eigenvalue weighted by molar-refractivity contribution is 0.0729. The standard InChI is InChI=1S/C32H36F2N4O/c1-2-3-20-37(32(39)26-14-11-15-27(33)31(26)34)23-30-35-28-16-7-8-17-29(28)38(30)22-25-13-6-5-12-24(25)21-36-18-9-4-10-19-36/h5-8,11-17H,2-4,9-10,18-23H2,1H3. The molecule has 1 saturated heterocycles. The van der Waals surface area contributed by atoms with Gasteiger partial charge >= 0.3 is 0 Å². The molecule has 204 valence electrons. The number of rotatable bonds is 10. The number of aromatic nitrogens is 2. The van der Waals surface area contributed by atoms with Crippen molar-refractivity contribution in [1.29, 1.82) is 0 Å². The van der Waals surface area contributed by atoms with Crippen molar-refractivity contribution in [2.75, 3.05) is 19.6 Å². The van der Waals surface area contributed by atoms with Crippen LogP contribution in [0, 0.1) is 11.6 Å². The van der Waals surface area contributed by atoms with E-state index in [9.17, 15) is 13.6 Å². The van der Waals surface area contributed by atoms with Gasteiger partial charge in [0.2, 0.25) is 0 Å². The normalized spacial score (nSPS) is 14.1. The van der Waals surface area contributed by atoms with Gasteiger partial charge in [-0.3, -0.25) is 9.69 Å². The Labute approximate surface area is 229 Å². The summed E-state index contributed by atoms with van der Waals surface area (Å²) in [5, 5.41) is 0. The van der Waals surface area contributed by atoms with E-state index in [0.29, 0.717) is 13.1 Å². The highest BCUT2D eigenvalue weighted by molar-refractivity contribution is 5.94. The van der Waals surface area contributed by atoms with E-state index in [1.165, 1.54) is 42.5 Å². The molecule has 1 aliphatic heterocycles. The molecule has 39 heavy (non-hydrogen) atoms. The largest absolute Gasteiger partial charge is 0.331 e. The number of amides is 1. The average molecular weight is 531 g/mol. The molecule has 0 saturated carbocycles. The van der Waals surface area contributed by atoms with Crippen LogP contribution in [0.25, 0.3) is 11.0 Å². The summed E-state index contributed by atoms with van der Waals surface area (Å²) in [5.41, 5.74) is 4.10. The fourth-order valence-electron chi connectivity index (χ4n) is 5.43. The zero-order valence-corrected chi connectivity index (χ0v) is 22.6. The first-order valence-electron chi connectivity index (χ1n) is 14.0. The van der Waals surface area contributed by atoms with Gasteiger partial charge in [0.25, 0.3) is 5.91 Å². The van der Waals surface area contributed by atoms with Crippen molar-refractivity contribution in [1.82, 2.24) is 19.4 Å². The van der Waals surface area contributed by atoms with Crippen LogP contribution in [0.3, 0.4) is 0 Å². The maximum absolute atomic E-state index is 14.6. The van der Waals surface area contributed by atoms with E-state index in [1.807, 2.05) is 31.2 Å². The van der Waals surface area contributed by atoms with Gasteiger partial charge in [-0.05, 0) is 67.7 Å². The molecule has 1 aliphatic rings. The summed E-state index contributed by atoms with van der Waals surface area (Å²) in [5.74, 6) is -1.92. The van der Waals surface area contributed by atoms with Crippen molar-refractivity contribution in [3.8, 4) is 0 Å². The summed E-state index contributed by atoms with van der Waals surface area (Å²) in [4.78, 5) is 22.5. The van der Waals surface area contributed by atoms with Gasteiger partial charge < -0.3 is 9.47 Å². The molecule has 0 unspecified atom stereocenters. The number of carbonyl (C=O) groups excluding carboxylic acids is 1. The Hall–Kier alpha value is -3.58. The quantitative estimate of drug-likeness (QED) is 0.227. The molecule has 1 amide bonds. The van der Waals surface area contributed by atoms with Crippen molar-refractivity contribution in [2.24, 2.45) is 0 Å². The van der Waals surface area contributed by atoms with Crippen molar-refractivity contribution in [3.05, 3.63) is 101 Å². The Morgan fingerprint density at radius 1 is 0.897 bits per heavy atom. The molecular weight excluding hydrogens is 494 g/mol. The summed E-state index contributed by atoms with van der Waals surface area (Å²) in [6.45, 7) is 6.46. The predicted molar refractivity (Wildman–Crippen MR) is 150 cm³/mol. The minimum atomic E-state index is -1.11. The minimum Gasteiger partial charge on any atom is -0.331 e. The number of fused-ring (bicyclic) bond motifs is 1. The van der Waals surface area contributed by atoms with Crippen molar-refractivity contribution < 1.29 is 13.6 Å². The third-order valence-corrected chi connectivity index (χ3v) is 7.61. The molecule has 0 atom stereocenters. The van der Waals surface area contributed by atoms with Gasteiger partial charge in [-0.2, -0.15) is 0 Å². The number of unbranched alkanes of at least 4 members (excludes halogenated alkanes) is 1. The maximum atomic E-state index is 14.6. The number of carbonyl (C=O) groups is 1. The monoisotopic (exact) mass is 530 g/mol. The second-order valence-corrected chi connectivity index (χ2v) is 10.4. The van der Waals surface area contributed by atoms with E-state index in [1.54, 1.807) is 4.90 Å². The first kappa shape index (κ1) is 27.0. The lowest BCUT2D eigenvalue weighted by Gasteiger charge is -2.27. The van der Waals surface area contributed by atoms with Crippen LogP contribution in [0.4, 0.5) is 8.78 Å². The highest BCUT2D eigenvalue weighted by atomic mass is 19.2. The van der Waals surface area contributed by atoms with E-state index >= 15 is 0 Å². The number of nitrogens with zero attached hydrogens (tertiary/aromatic N) is 4. The molecule has 3 aromatic carbocycles. The molecule has 0 radical (unpaired) electrons. The van der Waals surface area contributed by atoms with Crippen molar-refractivity contribution >= 4 is 16.9 Å². The summed E-state index contributed by atoms with van der Waals surface area (Å²) in [6.07, 6.45) is 5.41. The zero-order chi connectivity index (χ0) is 27.2. The lowest BCUT2D eigenvalue weighted by atomic mass is 10.0. The third kappa shape index (κ3) is 6.19. The average Bonchev–Trinajstić information content (AvgIpc) is 3.30. The summed E-state index contributed by atoms with van der Waals surface area (Å²) in [6, 6.07) is 20.2. The Morgan fingerprint density at radius 2 is 1.62 bits per heavy atom. The number of halogens is 2. The van der Waals surface area contributed by atoms with Crippen LogP contribution in [0.1, 0.15) is 66.3 Å². The second-order valence-electron chi connectivity index (χ2n) is 10.4. The SMILES string of the molecule is CCCCN(Cc1nc2ccccc2n1Cc1ccccc1CN1CCCCC1)C(=O)c1cccc(F)c1F. The van der Waals surface area contributed by atoms with Crippen LogP contribution in [0.2, 0.25) is 0 Å². The highest BCUT2D eigenvalue weighted by Gasteiger charge is 2.24. The Morgan fingerprint density at radius 3 is 2.38 bits per heavy atom. The van der Waals surface area contributed by atoms with Gasteiger partial charge in [0.05, 0.1) is 23.1 Å². The molecule has 1 fully saturated rings. The number of likely N-dealkylation sites (tertiary alicyclic amines) is 1. The Balaban J connectivity index is 1.48. The van der Waals surface area contributed by atoms with Gasteiger partial charge in [0.15, 0.2) is 11.6 Å². The molecule has 0 aliphatic carbocycles. The molecule has 0 N–H and O–H groups in total. The van der Waals surface area contributed by atoms with Crippen LogP contribution >= 0.6 is 0 Å². The number of benzene rings is 3. The van der Waals surface area contributed by atoms with Gasteiger partial charge in [-0.15, -0.1) is 0 Å². The molecule has 5 rings (SSSR count). The first-order chi connectivity index (χ1) is 19.0. The van der Waals surface area contributed by atoms with Gasteiger partial charge in [0, 0.05) is 19.6 Å². The summed E-state index contributed by atoms with van der Waals surface area (Å²) in [7, 11) is 0. The van der Waals surface area contributed by atoms with Gasteiger partial charge in [-0.25, -0.2) is 13.8 Å². The minimum absolute atomic E-state index is 0.206. The van der Waals surface area contributed by atoms with Crippen LogP contribution in [-0.4, -0.2) is 44.9 Å². The topological polar surface area (TPSA) is 41.4 Å². The second kappa shape index (κ2) is 12.5. The Kier molecular flexibility index (Phi) is 8.67. The molecule has 0 bridgehead atoms. The molecule has 7 heteroatoms. The van der Waals surface area contributed by atoms with Crippen LogP contribution in [0.5, 0.6) is 0 Å². The van der Waals surface area contributed by atoms with E-state index in [-0.39, 0.29) is 12.1 Å². The lowest BCUT2D eigenvalue weighted by Crippen LogP contribution is -2.33. The van der Waals surface area contributed by atoms with Crippen molar-refractivity contribution in [2.45, 2.75) is 58.7 Å². The number of hydrogen-bond acceptors (Lipinski definition) is 3. The van der Waals surface area contributed by atoms with Crippen molar-refractivity contribution in [3.63, 3.8) is 0 Å². The summed E-state index contributed by atoms with van der Waals surface area (Å²) < 4.78 is 30.7. The predicted octanol–water partition coefficient (Wildman–Crippen LogP) is 6.79. The molecule has 2 heterocycles. The molecule has 1 aromatic heterocycles. The van der Waals surface area contributed by atoms with Crippen LogP contribution in [-0.2, 0) is 19.6 Å². The van der Waals surface area contributed by atoms with E-state index in [4.69, 9.17) is 4.98 Å². The smallest absolute Gasteiger partial charge is 0.257 e. The highest BCUT2D eigenvalue weighted by Crippen LogP contribution is 2.24. The maximum Gasteiger partial charge on any atom is 0.257 e. The molecule has 0 spiro atoms. The van der Waals surface area contributed by atoms with Crippen LogP contribution in [0.15, 0.2) is 66.7 Å². The fraction of sp³-hybridized carbons (Fsp3) is 0.375. The van der Waals surface area contributed by atoms with E-state index in [0.717, 1.165) is 55.4 Å². The number of para-hydroxylation sites is 2. The third-order valence-electron chi connectivity index (χ3n) is 7.61. The fourth-order valence-corrected chi connectivity index (χ4v) is 5.43. The van der Waals surface area contributed by atoms with E-state index in [2.05, 4.69) is 33.7 Å². The first-order valence-corrected chi connectivity index (χ1v) is 14.0. The molecular formula is C32H36F2N4O. The van der Waals surface area contributed by atoms with Gasteiger partial charge in [-0.1, -0.05) is 62.2 Å². The van der Waals surface area contributed by atoms with Crippen LogP contribution < -0.4 is 0 Å².